The van der Waals surface area contributed by atoms with Gasteiger partial charge in [-0.1, -0.05) is 13.8 Å². The highest BCUT2D eigenvalue weighted by molar-refractivity contribution is 5.79. The Labute approximate surface area is 112 Å². The Kier molecular flexibility index (Phi) is 7.09. The average molecular weight is 254 g/mol. The molecule has 4 nitrogen and oxygen atoms in total. The topological polar surface area (TPSA) is 39.7 Å². The van der Waals surface area contributed by atoms with Crippen molar-refractivity contribution in [3.8, 4) is 0 Å². The highest BCUT2D eigenvalue weighted by Crippen LogP contribution is 2.15. The molecule has 0 amide bonds. The maximum absolute atomic E-state index is 4.27. The van der Waals surface area contributed by atoms with Crippen molar-refractivity contribution in [3.63, 3.8) is 0 Å². The van der Waals surface area contributed by atoms with Crippen LogP contribution in [0, 0.1) is 5.92 Å². The molecule has 1 saturated heterocycles. The molecule has 106 valence electrons. The smallest absolute Gasteiger partial charge is 0.191 e. The van der Waals surface area contributed by atoms with Gasteiger partial charge in [-0.2, -0.15) is 0 Å². The summed E-state index contributed by atoms with van der Waals surface area (Å²) >= 11 is 0. The fraction of sp³-hybridized carbons (Fsp3) is 0.929. The van der Waals surface area contributed by atoms with Gasteiger partial charge >= 0.3 is 0 Å². The zero-order valence-electron chi connectivity index (χ0n) is 12.5. The van der Waals surface area contributed by atoms with Crippen molar-refractivity contribution in [1.29, 1.82) is 0 Å². The molecule has 2 N–H and O–H groups in total. The molecule has 0 aromatic rings. The van der Waals surface area contributed by atoms with Crippen molar-refractivity contribution in [2.45, 2.75) is 46.1 Å². The first-order valence-corrected chi connectivity index (χ1v) is 7.39. The maximum atomic E-state index is 4.27. The predicted octanol–water partition coefficient (Wildman–Crippen LogP) is 1.68. The second-order valence-electron chi connectivity index (χ2n) is 5.36. The van der Waals surface area contributed by atoms with Crippen molar-refractivity contribution in [2.24, 2.45) is 10.9 Å². The molecule has 2 atom stereocenters. The molecule has 1 aliphatic rings. The number of hydrogen-bond acceptors (Lipinski definition) is 2. The number of rotatable bonds is 6. The third-order valence-electron chi connectivity index (χ3n) is 3.69. The van der Waals surface area contributed by atoms with Crippen LogP contribution in [0.25, 0.3) is 0 Å². The van der Waals surface area contributed by atoms with E-state index in [-0.39, 0.29) is 0 Å². The van der Waals surface area contributed by atoms with Gasteiger partial charge in [0.1, 0.15) is 0 Å². The van der Waals surface area contributed by atoms with Crippen LogP contribution < -0.4 is 10.6 Å². The Morgan fingerprint density at radius 2 is 2.22 bits per heavy atom. The lowest BCUT2D eigenvalue weighted by Gasteiger charge is -2.19. The molecule has 1 heterocycles. The maximum Gasteiger partial charge on any atom is 0.191 e. The van der Waals surface area contributed by atoms with Gasteiger partial charge in [0.25, 0.3) is 0 Å². The van der Waals surface area contributed by atoms with Gasteiger partial charge in [0.05, 0.1) is 0 Å². The molecule has 1 fully saturated rings. The first kappa shape index (κ1) is 15.3. The normalized spacial score (nSPS) is 23.1. The van der Waals surface area contributed by atoms with Crippen molar-refractivity contribution < 1.29 is 0 Å². The molecule has 18 heavy (non-hydrogen) atoms. The molecule has 0 spiro atoms. The van der Waals surface area contributed by atoms with Gasteiger partial charge < -0.3 is 15.5 Å². The molecule has 2 unspecified atom stereocenters. The van der Waals surface area contributed by atoms with Crippen molar-refractivity contribution in [1.82, 2.24) is 15.5 Å². The van der Waals surface area contributed by atoms with Crippen LogP contribution in [0.1, 0.15) is 40.0 Å². The first-order chi connectivity index (χ1) is 8.69. The quantitative estimate of drug-likeness (QED) is 0.560. The van der Waals surface area contributed by atoms with Gasteiger partial charge in [-0.05, 0) is 45.2 Å². The summed E-state index contributed by atoms with van der Waals surface area (Å²) in [6.45, 7) is 11.4. The van der Waals surface area contributed by atoms with Crippen molar-refractivity contribution in [2.75, 3.05) is 33.2 Å². The Hall–Kier alpha value is -0.770. The van der Waals surface area contributed by atoms with Crippen LogP contribution in [0.5, 0.6) is 0 Å². The fourth-order valence-corrected chi connectivity index (χ4v) is 2.37. The summed E-state index contributed by atoms with van der Waals surface area (Å²) in [5.74, 6) is 1.71. The summed E-state index contributed by atoms with van der Waals surface area (Å²) in [6, 6.07) is 0.483. The Balaban J connectivity index is 2.23. The number of aliphatic imine (C=N–C) groups is 1. The lowest BCUT2D eigenvalue weighted by molar-refractivity contribution is 0.324. The summed E-state index contributed by atoms with van der Waals surface area (Å²) in [4.78, 5) is 6.84. The average Bonchev–Trinajstić information content (AvgIpc) is 2.82. The van der Waals surface area contributed by atoms with Crippen LogP contribution in [0.3, 0.4) is 0 Å². The van der Waals surface area contributed by atoms with E-state index in [0.29, 0.717) is 6.04 Å². The van der Waals surface area contributed by atoms with Crippen LogP contribution in [0.4, 0.5) is 0 Å². The van der Waals surface area contributed by atoms with Crippen molar-refractivity contribution >= 4 is 5.96 Å². The highest BCUT2D eigenvalue weighted by atomic mass is 15.2. The molecule has 0 aliphatic carbocycles. The van der Waals surface area contributed by atoms with Crippen LogP contribution in [-0.4, -0.2) is 50.1 Å². The van der Waals surface area contributed by atoms with Crippen LogP contribution >= 0.6 is 0 Å². The number of guanidine groups is 1. The molecule has 1 rings (SSSR count). The van der Waals surface area contributed by atoms with Gasteiger partial charge in [-0.25, -0.2) is 0 Å². The number of hydrogen-bond donors (Lipinski definition) is 2. The lowest BCUT2D eigenvalue weighted by Crippen LogP contribution is -2.43. The van der Waals surface area contributed by atoms with Gasteiger partial charge in [-0.15, -0.1) is 0 Å². The standard InChI is InChI=1S/C14H30N4/c1-5-8-18-9-7-13(11-18)10-16-14(15-4)17-12(3)6-2/h12-13H,5-11H2,1-4H3,(H2,15,16,17). The number of nitrogens with zero attached hydrogens (tertiary/aromatic N) is 2. The summed E-state index contributed by atoms with van der Waals surface area (Å²) in [5.41, 5.74) is 0. The van der Waals surface area contributed by atoms with Gasteiger partial charge in [0.15, 0.2) is 5.96 Å². The van der Waals surface area contributed by atoms with E-state index in [1.165, 1.54) is 32.5 Å². The SMILES string of the molecule is CCCN1CCC(CNC(=NC)NC(C)CC)C1. The van der Waals surface area contributed by atoms with E-state index in [4.69, 9.17) is 0 Å². The summed E-state index contributed by atoms with van der Waals surface area (Å²) < 4.78 is 0. The Morgan fingerprint density at radius 1 is 1.44 bits per heavy atom. The Morgan fingerprint density at radius 3 is 2.83 bits per heavy atom. The van der Waals surface area contributed by atoms with E-state index >= 15 is 0 Å². The molecular weight excluding hydrogens is 224 g/mol. The first-order valence-electron chi connectivity index (χ1n) is 7.39. The summed E-state index contributed by atoms with van der Waals surface area (Å²) in [7, 11) is 1.84. The van der Waals surface area contributed by atoms with Gasteiger partial charge in [0.2, 0.25) is 0 Å². The molecule has 0 aromatic carbocycles. The molecule has 0 bridgehead atoms. The summed E-state index contributed by atoms with van der Waals surface area (Å²) in [6.07, 6.45) is 3.69. The summed E-state index contributed by atoms with van der Waals surface area (Å²) in [5, 5.41) is 6.85. The lowest BCUT2D eigenvalue weighted by atomic mass is 10.1. The van der Waals surface area contributed by atoms with E-state index in [2.05, 4.69) is 41.3 Å². The monoisotopic (exact) mass is 254 g/mol. The van der Waals surface area contributed by atoms with E-state index in [0.717, 1.165) is 24.8 Å². The molecule has 0 radical (unpaired) electrons. The third kappa shape index (κ3) is 5.25. The number of nitrogens with one attached hydrogen (secondary N) is 2. The van der Waals surface area contributed by atoms with Crippen LogP contribution in [0.15, 0.2) is 4.99 Å². The molecule has 1 aliphatic heterocycles. The zero-order chi connectivity index (χ0) is 13.4. The molecule has 4 heteroatoms. The highest BCUT2D eigenvalue weighted by Gasteiger charge is 2.21. The molecule has 0 aromatic heterocycles. The van der Waals surface area contributed by atoms with Crippen molar-refractivity contribution in [3.05, 3.63) is 0 Å². The molecule has 0 saturated carbocycles. The zero-order valence-corrected chi connectivity index (χ0v) is 12.5. The second-order valence-corrected chi connectivity index (χ2v) is 5.36. The Bertz CT molecular complexity index is 252. The minimum absolute atomic E-state index is 0.483. The van der Waals surface area contributed by atoms with Crippen LogP contribution in [-0.2, 0) is 0 Å². The van der Waals surface area contributed by atoms with Gasteiger partial charge in [-0.3, -0.25) is 4.99 Å². The minimum Gasteiger partial charge on any atom is -0.356 e. The predicted molar refractivity (Wildman–Crippen MR) is 79.1 cm³/mol. The fourth-order valence-electron chi connectivity index (χ4n) is 2.37. The molecular formula is C14H30N4. The van der Waals surface area contributed by atoms with Gasteiger partial charge in [0, 0.05) is 26.2 Å². The largest absolute Gasteiger partial charge is 0.356 e. The van der Waals surface area contributed by atoms with E-state index in [9.17, 15) is 0 Å². The number of likely N-dealkylation sites (tertiary alicyclic amines) is 1. The third-order valence-corrected chi connectivity index (χ3v) is 3.69. The van der Waals surface area contributed by atoms with E-state index in [1.807, 2.05) is 7.05 Å². The minimum atomic E-state index is 0.483. The van der Waals surface area contributed by atoms with E-state index < -0.39 is 0 Å². The second kappa shape index (κ2) is 8.35. The van der Waals surface area contributed by atoms with Crippen LogP contribution in [0.2, 0.25) is 0 Å². The van der Waals surface area contributed by atoms with E-state index in [1.54, 1.807) is 0 Å².